The molecule has 0 aliphatic heterocycles. The zero-order valence-corrected chi connectivity index (χ0v) is 19.9. The van der Waals surface area contributed by atoms with Crippen LogP contribution in [0, 0.1) is 6.92 Å². The van der Waals surface area contributed by atoms with Crippen molar-refractivity contribution in [1.29, 1.82) is 0 Å². The molecule has 2 atom stereocenters. The van der Waals surface area contributed by atoms with E-state index >= 15 is 0 Å². The Hall–Kier alpha value is -2.30. The Morgan fingerprint density at radius 1 is 1.00 bits per heavy atom. The number of phenols is 2. The van der Waals surface area contributed by atoms with Crippen LogP contribution in [0.2, 0.25) is 0 Å². The largest absolute Gasteiger partial charge is 0.508 e. The number of allylic oxidation sites excluding steroid dienone is 4. The molecular weight excluding hydrogens is 388 g/mol. The van der Waals surface area contributed by atoms with Crippen LogP contribution >= 0.6 is 0 Å². The second kappa shape index (κ2) is 12.5. The Balaban J connectivity index is 2.57. The highest BCUT2D eigenvalue weighted by Crippen LogP contribution is 2.28. The molecule has 0 saturated carbocycles. The summed E-state index contributed by atoms with van der Waals surface area (Å²) in [5.74, 6) is 0.173. The van der Waals surface area contributed by atoms with Crippen molar-refractivity contribution in [3.05, 3.63) is 64.3 Å². The minimum atomic E-state index is -1.05. The third-order valence-corrected chi connectivity index (χ3v) is 5.21. The van der Waals surface area contributed by atoms with Crippen LogP contribution < -0.4 is 0 Å². The van der Waals surface area contributed by atoms with E-state index in [1.54, 1.807) is 26.0 Å². The number of benzene rings is 1. The van der Waals surface area contributed by atoms with Crippen molar-refractivity contribution in [1.82, 2.24) is 0 Å². The summed E-state index contributed by atoms with van der Waals surface area (Å²) in [6.07, 6.45) is 12.6. The van der Waals surface area contributed by atoms with Gasteiger partial charge in [-0.1, -0.05) is 47.1 Å². The Bertz CT molecular complexity index is 837. The molecule has 4 N–H and O–H groups in total. The van der Waals surface area contributed by atoms with Crippen LogP contribution in [0.3, 0.4) is 0 Å². The summed E-state index contributed by atoms with van der Waals surface area (Å²) in [4.78, 5) is 0. The average Bonchev–Trinajstić information content (AvgIpc) is 2.62. The first-order valence-electron chi connectivity index (χ1n) is 11.0. The number of hydrogen-bond donors (Lipinski definition) is 4. The molecule has 1 rings (SSSR count). The number of rotatable bonds is 11. The molecule has 0 unspecified atom stereocenters. The highest BCUT2D eigenvalue weighted by Gasteiger charge is 2.16. The normalized spacial score (nSPS) is 15.7. The van der Waals surface area contributed by atoms with E-state index in [1.807, 2.05) is 19.1 Å². The molecule has 0 fully saturated rings. The molecule has 0 radical (unpaired) electrons. The van der Waals surface area contributed by atoms with Gasteiger partial charge in [0.05, 0.1) is 11.7 Å². The van der Waals surface area contributed by atoms with Crippen LogP contribution in [-0.2, 0) is 0 Å². The average molecular weight is 429 g/mol. The quantitative estimate of drug-likeness (QED) is 0.245. The lowest BCUT2D eigenvalue weighted by Crippen LogP contribution is -2.19. The number of aliphatic hydroxyl groups excluding tert-OH is 1. The molecular formula is C27H40O4. The van der Waals surface area contributed by atoms with Crippen LogP contribution in [0.1, 0.15) is 77.8 Å². The van der Waals surface area contributed by atoms with Crippen molar-refractivity contribution in [3.63, 3.8) is 0 Å². The summed E-state index contributed by atoms with van der Waals surface area (Å²) in [5, 5.41) is 40.7. The van der Waals surface area contributed by atoms with Gasteiger partial charge < -0.3 is 20.4 Å². The Kier molecular flexibility index (Phi) is 10.8. The summed E-state index contributed by atoms with van der Waals surface area (Å²) in [7, 11) is 0. The summed E-state index contributed by atoms with van der Waals surface area (Å²) >= 11 is 0. The molecule has 172 valence electrons. The van der Waals surface area contributed by atoms with Crippen molar-refractivity contribution < 1.29 is 20.4 Å². The molecule has 0 spiro atoms. The first kappa shape index (κ1) is 26.7. The first-order chi connectivity index (χ1) is 14.4. The van der Waals surface area contributed by atoms with E-state index in [1.165, 1.54) is 23.3 Å². The topological polar surface area (TPSA) is 80.9 Å². The van der Waals surface area contributed by atoms with Gasteiger partial charge in [-0.05, 0) is 91.3 Å². The van der Waals surface area contributed by atoms with Crippen molar-refractivity contribution in [2.24, 2.45) is 0 Å². The van der Waals surface area contributed by atoms with Gasteiger partial charge in [0.2, 0.25) is 0 Å². The van der Waals surface area contributed by atoms with E-state index < -0.39 is 11.7 Å². The van der Waals surface area contributed by atoms with Crippen molar-refractivity contribution in [3.8, 4) is 11.5 Å². The summed E-state index contributed by atoms with van der Waals surface area (Å²) in [5.41, 5.74) is 3.60. The van der Waals surface area contributed by atoms with Crippen LogP contribution in [0.4, 0.5) is 0 Å². The highest BCUT2D eigenvalue weighted by molar-refractivity contribution is 5.61. The highest BCUT2D eigenvalue weighted by atomic mass is 16.3. The summed E-state index contributed by atoms with van der Waals surface area (Å²) in [6.45, 7) is 11.7. The van der Waals surface area contributed by atoms with E-state index in [4.69, 9.17) is 0 Å². The molecule has 1 aromatic carbocycles. The smallest absolute Gasteiger partial charge is 0.123 e. The standard InChI is InChI=1S/C27H40O4/c1-19(2)9-7-10-20(3)15-24(28)16-21(4)11-8-13-27(6,31)14-12-23-18-25(29)22(5)17-26(23)30/h9,11-12,14-15,17-18,24,28-31H,7-8,10,13,16H2,1-6H3/b14-12+,20-15+,21-11+/t24-,27+/m1/s1. The number of phenolic OH excluding ortho intramolecular Hbond substituents is 2. The van der Waals surface area contributed by atoms with Gasteiger partial charge in [0.25, 0.3) is 0 Å². The minimum Gasteiger partial charge on any atom is -0.508 e. The lowest BCUT2D eigenvalue weighted by atomic mass is 9.96. The molecule has 4 heteroatoms. The lowest BCUT2D eigenvalue weighted by Gasteiger charge is -2.18. The Morgan fingerprint density at radius 3 is 2.32 bits per heavy atom. The SMILES string of the molecule is CC(C)=CCC/C(C)=C/[C@@H](O)C/C(C)=C/CC[C@](C)(O)/C=C/c1cc(O)c(C)cc1O. The van der Waals surface area contributed by atoms with Gasteiger partial charge in [-0.15, -0.1) is 0 Å². The molecule has 0 aromatic heterocycles. The van der Waals surface area contributed by atoms with Crippen molar-refractivity contribution in [2.45, 2.75) is 85.4 Å². The minimum absolute atomic E-state index is 0.0660. The van der Waals surface area contributed by atoms with Crippen LogP contribution in [0.25, 0.3) is 6.08 Å². The fourth-order valence-corrected chi connectivity index (χ4v) is 3.27. The van der Waals surface area contributed by atoms with E-state index in [9.17, 15) is 20.4 Å². The molecule has 0 amide bonds. The molecule has 31 heavy (non-hydrogen) atoms. The van der Waals surface area contributed by atoms with E-state index in [-0.39, 0.29) is 11.5 Å². The van der Waals surface area contributed by atoms with Crippen molar-refractivity contribution >= 4 is 6.08 Å². The van der Waals surface area contributed by atoms with Gasteiger partial charge in [-0.3, -0.25) is 0 Å². The second-order valence-electron chi connectivity index (χ2n) is 9.08. The number of aromatic hydroxyl groups is 2. The molecule has 4 nitrogen and oxygen atoms in total. The van der Waals surface area contributed by atoms with Crippen LogP contribution in [-0.4, -0.2) is 32.1 Å². The maximum absolute atomic E-state index is 10.6. The fourth-order valence-electron chi connectivity index (χ4n) is 3.27. The third-order valence-electron chi connectivity index (χ3n) is 5.21. The number of aryl methyl sites for hydroxylation is 1. The maximum atomic E-state index is 10.6. The predicted octanol–water partition coefficient (Wildman–Crippen LogP) is 6.34. The van der Waals surface area contributed by atoms with Crippen LogP contribution in [0.15, 0.2) is 53.2 Å². The summed E-state index contributed by atoms with van der Waals surface area (Å²) in [6, 6.07) is 2.98. The monoisotopic (exact) mass is 428 g/mol. The van der Waals surface area contributed by atoms with E-state index in [0.717, 1.165) is 18.4 Å². The molecule has 0 heterocycles. The van der Waals surface area contributed by atoms with Gasteiger partial charge in [0, 0.05) is 5.56 Å². The van der Waals surface area contributed by atoms with E-state index in [2.05, 4.69) is 26.8 Å². The molecule has 0 bridgehead atoms. The number of hydrogen-bond acceptors (Lipinski definition) is 4. The molecule has 1 aromatic rings. The van der Waals surface area contributed by atoms with Gasteiger partial charge in [0.1, 0.15) is 11.5 Å². The van der Waals surface area contributed by atoms with Gasteiger partial charge in [-0.2, -0.15) is 0 Å². The third kappa shape index (κ3) is 11.0. The predicted molar refractivity (Wildman–Crippen MR) is 130 cm³/mol. The Morgan fingerprint density at radius 2 is 1.68 bits per heavy atom. The lowest BCUT2D eigenvalue weighted by molar-refractivity contribution is 0.104. The Labute approximate surface area is 188 Å². The van der Waals surface area contributed by atoms with E-state index in [0.29, 0.717) is 30.4 Å². The first-order valence-corrected chi connectivity index (χ1v) is 11.0. The zero-order chi connectivity index (χ0) is 23.6. The fraction of sp³-hybridized carbons (Fsp3) is 0.481. The van der Waals surface area contributed by atoms with Gasteiger partial charge >= 0.3 is 0 Å². The second-order valence-corrected chi connectivity index (χ2v) is 9.08. The van der Waals surface area contributed by atoms with Crippen molar-refractivity contribution in [2.75, 3.05) is 0 Å². The van der Waals surface area contributed by atoms with Crippen LogP contribution in [0.5, 0.6) is 11.5 Å². The maximum Gasteiger partial charge on any atom is 0.123 e. The molecule has 0 aliphatic carbocycles. The molecule has 0 saturated heterocycles. The molecule has 0 aliphatic rings. The van der Waals surface area contributed by atoms with Gasteiger partial charge in [0.15, 0.2) is 0 Å². The number of aliphatic hydroxyl groups is 2. The summed E-state index contributed by atoms with van der Waals surface area (Å²) < 4.78 is 0. The zero-order valence-electron chi connectivity index (χ0n) is 19.9. The van der Waals surface area contributed by atoms with Gasteiger partial charge in [-0.25, -0.2) is 0 Å².